The summed E-state index contributed by atoms with van der Waals surface area (Å²) in [6.45, 7) is 1.36. The lowest BCUT2D eigenvalue weighted by atomic mass is 10.1. The number of carbonyl (C=O) groups is 1. The van der Waals surface area contributed by atoms with E-state index >= 15 is 0 Å². The molecule has 0 radical (unpaired) electrons. The predicted octanol–water partition coefficient (Wildman–Crippen LogP) is 2.95. The van der Waals surface area contributed by atoms with Crippen LogP contribution in [0.5, 0.6) is 5.75 Å². The SMILES string of the molecule is COCCOCCCOc1ccc(C=O)cc1C(F)(F)F. The van der Waals surface area contributed by atoms with E-state index in [2.05, 4.69) is 0 Å². The van der Waals surface area contributed by atoms with E-state index in [1.807, 2.05) is 0 Å². The average Bonchev–Trinajstić information content (AvgIpc) is 2.45. The summed E-state index contributed by atoms with van der Waals surface area (Å²) in [4.78, 5) is 10.5. The minimum absolute atomic E-state index is 0.0439. The molecule has 0 amide bonds. The molecular weight excluding hydrogens is 289 g/mol. The maximum absolute atomic E-state index is 12.8. The van der Waals surface area contributed by atoms with Gasteiger partial charge in [0.15, 0.2) is 0 Å². The fourth-order valence-electron chi connectivity index (χ4n) is 1.56. The van der Waals surface area contributed by atoms with Crippen molar-refractivity contribution in [2.24, 2.45) is 0 Å². The molecule has 0 spiro atoms. The zero-order chi connectivity index (χ0) is 15.7. The first-order chi connectivity index (χ1) is 9.99. The van der Waals surface area contributed by atoms with Gasteiger partial charge in [-0.3, -0.25) is 4.79 Å². The maximum atomic E-state index is 12.8. The summed E-state index contributed by atoms with van der Waals surface area (Å²) in [5.74, 6) is -0.287. The van der Waals surface area contributed by atoms with Gasteiger partial charge in [-0.2, -0.15) is 13.2 Å². The maximum Gasteiger partial charge on any atom is 0.419 e. The number of alkyl halides is 3. The Balaban J connectivity index is 2.52. The highest BCUT2D eigenvalue weighted by Gasteiger charge is 2.34. The van der Waals surface area contributed by atoms with Crippen molar-refractivity contribution in [2.75, 3.05) is 33.5 Å². The third kappa shape index (κ3) is 6.14. The van der Waals surface area contributed by atoms with Gasteiger partial charge in [0.25, 0.3) is 0 Å². The van der Waals surface area contributed by atoms with Crippen molar-refractivity contribution < 1.29 is 32.2 Å². The van der Waals surface area contributed by atoms with Crippen molar-refractivity contribution in [3.05, 3.63) is 29.3 Å². The monoisotopic (exact) mass is 306 g/mol. The van der Waals surface area contributed by atoms with Gasteiger partial charge in [-0.1, -0.05) is 0 Å². The Bertz CT molecular complexity index is 446. The van der Waals surface area contributed by atoms with Crippen LogP contribution in [0.1, 0.15) is 22.3 Å². The standard InChI is InChI=1S/C14H17F3O4/c1-19-7-8-20-5-2-6-21-13-4-3-11(10-18)9-12(13)14(15,16)17/h3-4,9-10H,2,5-8H2,1H3. The van der Waals surface area contributed by atoms with Gasteiger partial charge in [-0.15, -0.1) is 0 Å². The summed E-state index contributed by atoms with van der Waals surface area (Å²) in [7, 11) is 1.55. The minimum Gasteiger partial charge on any atom is -0.493 e. The Kier molecular flexibility index (Phi) is 7.18. The van der Waals surface area contributed by atoms with Crippen LogP contribution < -0.4 is 4.74 Å². The lowest BCUT2D eigenvalue weighted by Crippen LogP contribution is -2.11. The van der Waals surface area contributed by atoms with E-state index in [9.17, 15) is 18.0 Å². The molecule has 0 atom stereocenters. The highest BCUT2D eigenvalue weighted by Crippen LogP contribution is 2.36. The summed E-state index contributed by atoms with van der Waals surface area (Å²) in [5.41, 5.74) is -0.995. The number of methoxy groups -OCH3 is 1. The minimum atomic E-state index is -4.57. The molecule has 0 N–H and O–H groups in total. The van der Waals surface area contributed by atoms with Crippen molar-refractivity contribution in [3.8, 4) is 5.75 Å². The number of rotatable bonds is 9. The summed E-state index contributed by atoms with van der Waals surface area (Å²) >= 11 is 0. The molecule has 0 aliphatic rings. The summed E-state index contributed by atoms with van der Waals surface area (Å²) < 4.78 is 53.6. The second kappa shape index (κ2) is 8.63. The third-order valence-corrected chi connectivity index (χ3v) is 2.57. The van der Waals surface area contributed by atoms with E-state index in [0.717, 1.165) is 12.1 Å². The molecule has 0 aliphatic carbocycles. The van der Waals surface area contributed by atoms with Gasteiger partial charge >= 0.3 is 6.18 Å². The summed E-state index contributed by atoms with van der Waals surface area (Å²) in [5, 5.41) is 0. The summed E-state index contributed by atoms with van der Waals surface area (Å²) in [6.07, 6.45) is -3.75. The topological polar surface area (TPSA) is 44.8 Å². The van der Waals surface area contributed by atoms with Gasteiger partial charge in [0, 0.05) is 25.7 Å². The van der Waals surface area contributed by atoms with Gasteiger partial charge < -0.3 is 14.2 Å². The third-order valence-electron chi connectivity index (χ3n) is 2.57. The molecule has 7 heteroatoms. The van der Waals surface area contributed by atoms with Crippen LogP contribution in [0.3, 0.4) is 0 Å². The molecule has 0 heterocycles. The highest BCUT2D eigenvalue weighted by atomic mass is 19.4. The number of carbonyl (C=O) groups excluding carboxylic acids is 1. The molecule has 0 aliphatic heterocycles. The van der Waals surface area contributed by atoms with Crippen molar-refractivity contribution in [1.29, 1.82) is 0 Å². The number of hydrogen-bond donors (Lipinski definition) is 0. The second-order valence-corrected chi connectivity index (χ2v) is 4.18. The van der Waals surface area contributed by atoms with E-state index in [1.54, 1.807) is 7.11 Å². The smallest absolute Gasteiger partial charge is 0.419 e. The van der Waals surface area contributed by atoms with E-state index in [-0.39, 0.29) is 17.9 Å². The van der Waals surface area contributed by atoms with Gasteiger partial charge in [-0.05, 0) is 18.2 Å². The molecule has 1 rings (SSSR count). The van der Waals surface area contributed by atoms with Crippen molar-refractivity contribution in [2.45, 2.75) is 12.6 Å². The Morgan fingerprint density at radius 2 is 1.90 bits per heavy atom. The molecule has 0 aromatic heterocycles. The lowest BCUT2D eigenvalue weighted by Gasteiger charge is -2.14. The first-order valence-electron chi connectivity index (χ1n) is 6.35. The number of hydrogen-bond acceptors (Lipinski definition) is 4. The van der Waals surface area contributed by atoms with Crippen molar-refractivity contribution in [1.82, 2.24) is 0 Å². The molecule has 1 aromatic rings. The van der Waals surface area contributed by atoms with Crippen LogP contribution >= 0.6 is 0 Å². The van der Waals surface area contributed by atoms with Crippen LogP contribution in [0.4, 0.5) is 13.2 Å². The Hall–Kier alpha value is -1.60. The van der Waals surface area contributed by atoms with Crippen molar-refractivity contribution >= 4 is 6.29 Å². The van der Waals surface area contributed by atoms with Crippen LogP contribution in [-0.4, -0.2) is 39.8 Å². The van der Waals surface area contributed by atoms with Crippen molar-refractivity contribution in [3.63, 3.8) is 0 Å². The van der Waals surface area contributed by atoms with Crippen LogP contribution in [0, 0.1) is 0 Å². The Morgan fingerprint density at radius 1 is 1.14 bits per heavy atom. The molecule has 118 valence electrons. The van der Waals surface area contributed by atoms with Gasteiger partial charge in [0.2, 0.25) is 0 Å². The van der Waals surface area contributed by atoms with Gasteiger partial charge in [-0.25, -0.2) is 0 Å². The molecule has 1 aromatic carbocycles. The van der Waals surface area contributed by atoms with E-state index in [0.29, 0.717) is 32.5 Å². The zero-order valence-corrected chi connectivity index (χ0v) is 11.6. The molecule has 0 unspecified atom stereocenters. The number of halogens is 3. The first-order valence-corrected chi connectivity index (χ1v) is 6.35. The molecule has 4 nitrogen and oxygen atoms in total. The number of aldehydes is 1. The Labute approximate surface area is 120 Å². The highest BCUT2D eigenvalue weighted by molar-refractivity contribution is 5.75. The Morgan fingerprint density at radius 3 is 2.52 bits per heavy atom. The van der Waals surface area contributed by atoms with E-state index < -0.39 is 11.7 Å². The molecule has 0 fully saturated rings. The van der Waals surface area contributed by atoms with E-state index in [4.69, 9.17) is 14.2 Å². The molecule has 0 saturated carbocycles. The number of benzene rings is 1. The van der Waals surface area contributed by atoms with Crippen LogP contribution in [0.15, 0.2) is 18.2 Å². The fourth-order valence-corrected chi connectivity index (χ4v) is 1.56. The fraction of sp³-hybridized carbons (Fsp3) is 0.500. The zero-order valence-electron chi connectivity index (χ0n) is 11.6. The second-order valence-electron chi connectivity index (χ2n) is 4.18. The molecule has 0 bridgehead atoms. The normalized spacial score (nSPS) is 11.4. The molecular formula is C14H17F3O4. The van der Waals surface area contributed by atoms with Gasteiger partial charge in [0.05, 0.1) is 25.4 Å². The lowest BCUT2D eigenvalue weighted by molar-refractivity contribution is -0.139. The number of ether oxygens (including phenoxy) is 3. The van der Waals surface area contributed by atoms with E-state index in [1.165, 1.54) is 6.07 Å². The van der Waals surface area contributed by atoms with Crippen LogP contribution in [0.25, 0.3) is 0 Å². The van der Waals surface area contributed by atoms with Crippen LogP contribution in [-0.2, 0) is 15.7 Å². The average molecular weight is 306 g/mol. The largest absolute Gasteiger partial charge is 0.493 e. The summed E-state index contributed by atoms with van der Waals surface area (Å²) in [6, 6.07) is 3.21. The van der Waals surface area contributed by atoms with Crippen LogP contribution in [0.2, 0.25) is 0 Å². The molecule has 21 heavy (non-hydrogen) atoms. The predicted molar refractivity (Wildman–Crippen MR) is 69.6 cm³/mol. The quantitative estimate of drug-likeness (QED) is 0.520. The first kappa shape index (κ1) is 17.5. The molecule has 0 saturated heterocycles. The van der Waals surface area contributed by atoms with Gasteiger partial charge in [0.1, 0.15) is 12.0 Å².